The van der Waals surface area contributed by atoms with Gasteiger partial charge in [0.05, 0.1) is 12.1 Å². The Bertz CT molecular complexity index is 832. The number of para-hydroxylation sites is 1. The molecule has 5 N–H and O–H groups in total. The molecular weight excluding hydrogens is 424 g/mol. The molecule has 1 fully saturated rings. The standard InChI is InChI=1S/C23H36N6O4/c1-6-25-21(31)18-12-17(27-23(33)26-16-10-8-7-9-11-16)13-29(18)22(32)19(14(2)3)28-20(30)15(4)24-5/h7-11,14-15,17-19,24H,6,12-13H2,1-5H3,(H,25,31)(H,28,30)(H2,26,27,33)/t15-,17-,18-,19-/m0/s1. The summed E-state index contributed by atoms with van der Waals surface area (Å²) in [5.41, 5.74) is 0.641. The van der Waals surface area contributed by atoms with Crippen LogP contribution in [0.1, 0.15) is 34.1 Å². The van der Waals surface area contributed by atoms with E-state index in [0.717, 1.165) is 0 Å². The van der Waals surface area contributed by atoms with Crippen LogP contribution in [0.2, 0.25) is 0 Å². The second kappa shape index (κ2) is 12.2. The molecule has 1 aliphatic heterocycles. The third-order valence-electron chi connectivity index (χ3n) is 5.66. The number of hydrogen-bond donors (Lipinski definition) is 5. The highest BCUT2D eigenvalue weighted by molar-refractivity contribution is 5.94. The highest BCUT2D eigenvalue weighted by Gasteiger charge is 2.43. The summed E-state index contributed by atoms with van der Waals surface area (Å²) in [6.45, 7) is 7.78. The van der Waals surface area contributed by atoms with Gasteiger partial charge in [0.15, 0.2) is 0 Å². The molecule has 1 aromatic rings. The first-order chi connectivity index (χ1) is 15.7. The van der Waals surface area contributed by atoms with Crippen LogP contribution >= 0.6 is 0 Å². The molecule has 0 bridgehead atoms. The number of hydrogen-bond acceptors (Lipinski definition) is 5. The zero-order valence-electron chi connectivity index (χ0n) is 20.0. The number of benzene rings is 1. The first-order valence-corrected chi connectivity index (χ1v) is 11.4. The van der Waals surface area contributed by atoms with Gasteiger partial charge in [-0.2, -0.15) is 0 Å². The zero-order valence-corrected chi connectivity index (χ0v) is 20.0. The third kappa shape index (κ3) is 7.18. The molecular formula is C23H36N6O4. The van der Waals surface area contributed by atoms with Crippen LogP contribution in [0.4, 0.5) is 10.5 Å². The van der Waals surface area contributed by atoms with E-state index in [1.165, 1.54) is 4.90 Å². The van der Waals surface area contributed by atoms with Gasteiger partial charge >= 0.3 is 6.03 Å². The molecule has 2 rings (SSSR count). The molecule has 182 valence electrons. The van der Waals surface area contributed by atoms with Crippen molar-refractivity contribution in [3.05, 3.63) is 30.3 Å². The SMILES string of the molecule is CCNC(=O)[C@@H]1C[C@H](NC(=O)Nc2ccccc2)CN1C(=O)[C@@H](NC(=O)[C@H](C)NC)C(C)C. The van der Waals surface area contributed by atoms with E-state index in [1.54, 1.807) is 33.0 Å². The summed E-state index contributed by atoms with van der Waals surface area (Å²) in [5, 5.41) is 14.0. The Labute approximate surface area is 195 Å². The van der Waals surface area contributed by atoms with Crippen molar-refractivity contribution in [3.63, 3.8) is 0 Å². The van der Waals surface area contributed by atoms with E-state index in [0.29, 0.717) is 12.2 Å². The quantitative estimate of drug-likeness (QED) is 0.369. The van der Waals surface area contributed by atoms with Gasteiger partial charge in [-0.05, 0) is 45.4 Å². The number of likely N-dealkylation sites (N-methyl/N-ethyl adjacent to an activating group) is 2. The smallest absolute Gasteiger partial charge is 0.319 e. The number of anilines is 1. The van der Waals surface area contributed by atoms with Gasteiger partial charge in [0.25, 0.3) is 0 Å². The lowest BCUT2D eigenvalue weighted by Crippen LogP contribution is -2.57. The van der Waals surface area contributed by atoms with E-state index < -0.39 is 30.2 Å². The monoisotopic (exact) mass is 460 g/mol. The van der Waals surface area contributed by atoms with Crippen LogP contribution in [0.15, 0.2) is 30.3 Å². The average molecular weight is 461 g/mol. The number of likely N-dealkylation sites (tertiary alicyclic amines) is 1. The van der Waals surface area contributed by atoms with Crippen molar-refractivity contribution in [1.29, 1.82) is 0 Å². The largest absolute Gasteiger partial charge is 0.355 e. The molecule has 0 spiro atoms. The zero-order chi connectivity index (χ0) is 24.5. The molecule has 1 saturated heterocycles. The fourth-order valence-electron chi connectivity index (χ4n) is 3.70. The van der Waals surface area contributed by atoms with Crippen LogP contribution < -0.4 is 26.6 Å². The Morgan fingerprint density at radius 1 is 1.09 bits per heavy atom. The highest BCUT2D eigenvalue weighted by Crippen LogP contribution is 2.21. The fourth-order valence-corrected chi connectivity index (χ4v) is 3.70. The minimum atomic E-state index is -0.790. The second-order valence-corrected chi connectivity index (χ2v) is 8.54. The van der Waals surface area contributed by atoms with E-state index in [-0.39, 0.29) is 36.6 Å². The van der Waals surface area contributed by atoms with Crippen molar-refractivity contribution in [2.75, 3.05) is 25.5 Å². The van der Waals surface area contributed by atoms with Crippen molar-refractivity contribution in [2.24, 2.45) is 5.92 Å². The molecule has 1 heterocycles. The minimum absolute atomic E-state index is 0.170. The number of carbonyl (C=O) groups is 4. The number of nitrogens with zero attached hydrogens (tertiary/aromatic N) is 1. The normalized spacial score (nSPS) is 19.5. The van der Waals surface area contributed by atoms with Gasteiger partial charge < -0.3 is 31.5 Å². The Hall–Kier alpha value is -3.14. The van der Waals surface area contributed by atoms with Crippen LogP contribution in [-0.2, 0) is 14.4 Å². The first kappa shape index (κ1) is 26.1. The summed E-state index contributed by atoms with van der Waals surface area (Å²) >= 11 is 0. The maximum Gasteiger partial charge on any atom is 0.319 e. The molecule has 0 radical (unpaired) electrons. The maximum atomic E-state index is 13.5. The Morgan fingerprint density at radius 3 is 2.33 bits per heavy atom. The topological polar surface area (TPSA) is 132 Å². The van der Waals surface area contributed by atoms with E-state index in [9.17, 15) is 19.2 Å². The number of carbonyl (C=O) groups excluding carboxylic acids is 4. The van der Waals surface area contributed by atoms with Crippen molar-refractivity contribution in [1.82, 2.24) is 26.2 Å². The molecule has 10 nitrogen and oxygen atoms in total. The highest BCUT2D eigenvalue weighted by atomic mass is 16.2. The van der Waals surface area contributed by atoms with Gasteiger partial charge in [0.2, 0.25) is 17.7 Å². The summed E-state index contributed by atoms with van der Waals surface area (Å²) in [6.07, 6.45) is 0.283. The molecule has 0 unspecified atom stereocenters. The second-order valence-electron chi connectivity index (χ2n) is 8.54. The summed E-state index contributed by atoms with van der Waals surface area (Å²) in [6, 6.07) is 6.19. The molecule has 0 saturated carbocycles. The van der Waals surface area contributed by atoms with Crippen molar-refractivity contribution in [3.8, 4) is 0 Å². The Kier molecular flexibility index (Phi) is 9.65. The van der Waals surface area contributed by atoms with Crippen molar-refractivity contribution < 1.29 is 19.2 Å². The number of nitrogens with one attached hydrogen (secondary N) is 5. The summed E-state index contributed by atoms with van der Waals surface area (Å²) in [7, 11) is 1.67. The summed E-state index contributed by atoms with van der Waals surface area (Å²) in [4.78, 5) is 52.5. The van der Waals surface area contributed by atoms with Crippen LogP contribution in [0.25, 0.3) is 0 Å². The van der Waals surface area contributed by atoms with Gasteiger partial charge in [-0.3, -0.25) is 14.4 Å². The number of amides is 5. The lowest BCUT2D eigenvalue weighted by molar-refractivity contribution is -0.142. The first-order valence-electron chi connectivity index (χ1n) is 11.4. The van der Waals surface area contributed by atoms with Gasteiger partial charge in [-0.1, -0.05) is 32.0 Å². The molecule has 10 heteroatoms. The van der Waals surface area contributed by atoms with Crippen LogP contribution in [0.5, 0.6) is 0 Å². The summed E-state index contributed by atoms with van der Waals surface area (Å²) in [5.74, 6) is -1.11. The third-order valence-corrected chi connectivity index (χ3v) is 5.66. The van der Waals surface area contributed by atoms with Crippen LogP contribution in [-0.4, -0.2) is 73.0 Å². The van der Waals surface area contributed by atoms with Crippen molar-refractivity contribution >= 4 is 29.4 Å². The molecule has 1 aliphatic rings. The molecule has 4 atom stereocenters. The van der Waals surface area contributed by atoms with Crippen molar-refractivity contribution in [2.45, 2.75) is 58.3 Å². The van der Waals surface area contributed by atoms with Crippen LogP contribution in [0, 0.1) is 5.92 Å². The van der Waals surface area contributed by atoms with Gasteiger partial charge in [0, 0.05) is 18.8 Å². The van der Waals surface area contributed by atoms with Gasteiger partial charge in [-0.15, -0.1) is 0 Å². The lowest BCUT2D eigenvalue weighted by atomic mass is 10.0. The maximum absolute atomic E-state index is 13.5. The van der Waals surface area contributed by atoms with Crippen LogP contribution in [0.3, 0.4) is 0 Å². The number of urea groups is 1. The molecule has 1 aromatic carbocycles. The van der Waals surface area contributed by atoms with E-state index in [2.05, 4.69) is 26.6 Å². The molecule has 5 amide bonds. The van der Waals surface area contributed by atoms with E-state index in [4.69, 9.17) is 0 Å². The fraction of sp³-hybridized carbons (Fsp3) is 0.565. The molecule has 0 aliphatic carbocycles. The number of rotatable bonds is 9. The molecule has 0 aromatic heterocycles. The minimum Gasteiger partial charge on any atom is -0.355 e. The lowest BCUT2D eigenvalue weighted by Gasteiger charge is -2.31. The van der Waals surface area contributed by atoms with E-state index >= 15 is 0 Å². The predicted octanol–water partition coefficient (Wildman–Crippen LogP) is 0.662. The van der Waals surface area contributed by atoms with Gasteiger partial charge in [0.1, 0.15) is 12.1 Å². The molecule has 33 heavy (non-hydrogen) atoms. The predicted molar refractivity (Wildman–Crippen MR) is 126 cm³/mol. The Morgan fingerprint density at radius 2 is 1.76 bits per heavy atom. The average Bonchev–Trinajstić information content (AvgIpc) is 3.20. The van der Waals surface area contributed by atoms with Gasteiger partial charge in [-0.25, -0.2) is 4.79 Å². The van der Waals surface area contributed by atoms with E-state index in [1.807, 2.05) is 32.0 Å². The Balaban J connectivity index is 2.15. The summed E-state index contributed by atoms with van der Waals surface area (Å²) < 4.78 is 0.